The number of nitrogens with zero attached hydrogens (tertiary/aromatic N) is 3. The number of aromatic nitrogens is 2. The molecule has 2 aromatic heterocycles. The van der Waals surface area contributed by atoms with Crippen LogP contribution < -0.4 is 10.2 Å². The Balaban J connectivity index is 1.64. The number of benzene rings is 1. The highest BCUT2D eigenvalue weighted by molar-refractivity contribution is 7.80. The van der Waals surface area contributed by atoms with Crippen LogP contribution in [0.3, 0.4) is 0 Å². The van der Waals surface area contributed by atoms with Gasteiger partial charge in [0.25, 0.3) is 0 Å². The number of hydrogen-bond acceptors (Lipinski definition) is 2. The zero-order valence-corrected chi connectivity index (χ0v) is 18.6. The standard InChI is InChI=1S/C25H28N4S/c1-4-18-8-10-20(11-9-18)29-24(21-15-16(2)28(17(21)3)19-12-13-19)23(27-25(29)30)22-7-5-6-14-26-22/h5-11,14-15,19,23-24H,4,12-13H2,1-3H3,(H,27,30). The summed E-state index contributed by atoms with van der Waals surface area (Å²) in [7, 11) is 0. The molecular weight excluding hydrogens is 388 g/mol. The van der Waals surface area contributed by atoms with Crippen molar-refractivity contribution in [3.05, 3.63) is 82.9 Å². The Kier molecular flexibility index (Phi) is 4.86. The van der Waals surface area contributed by atoms with Crippen molar-refractivity contribution >= 4 is 23.0 Å². The lowest BCUT2D eigenvalue weighted by Gasteiger charge is -2.28. The minimum Gasteiger partial charge on any atom is -0.351 e. The van der Waals surface area contributed by atoms with Gasteiger partial charge in [-0.25, -0.2) is 0 Å². The van der Waals surface area contributed by atoms with Crippen LogP contribution in [0.4, 0.5) is 5.69 Å². The average Bonchev–Trinajstić information content (AvgIpc) is 3.48. The van der Waals surface area contributed by atoms with E-state index in [9.17, 15) is 0 Å². The molecule has 1 N–H and O–H groups in total. The second kappa shape index (κ2) is 7.55. The molecule has 0 amide bonds. The zero-order valence-electron chi connectivity index (χ0n) is 17.8. The lowest BCUT2D eigenvalue weighted by molar-refractivity contribution is 0.562. The predicted octanol–water partition coefficient (Wildman–Crippen LogP) is 5.57. The predicted molar refractivity (Wildman–Crippen MR) is 126 cm³/mol. The zero-order chi connectivity index (χ0) is 20.8. The van der Waals surface area contributed by atoms with E-state index in [-0.39, 0.29) is 12.1 Å². The van der Waals surface area contributed by atoms with E-state index in [1.807, 2.05) is 12.3 Å². The van der Waals surface area contributed by atoms with Gasteiger partial charge in [0.05, 0.1) is 17.8 Å². The molecule has 1 aromatic carbocycles. The molecular formula is C25H28N4S. The van der Waals surface area contributed by atoms with E-state index in [0.717, 1.165) is 22.9 Å². The van der Waals surface area contributed by atoms with E-state index in [2.05, 4.69) is 83.0 Å². The number of aryl methyl sites for hydroxylation is 2. The van der Waals surface area contributed by atoms with Crippen molar-refractivity contribution in [3.8, 4) is 0 Å². The third-order valence-corrected chi connectivity index (χ3v) is 6.79. The van der Waals surface area contributed by atoms with Crippen molar-refractivity contribution in [2.75, 3.05) is 4.90 Å². The quantitative estimate of drug-likeness (QED) is 0.551. The van der Waals surface area contributed by atoms with Crippen LogP contribution in [0, 0.1) is 13.8 Å². The van der Waals surface area contributed by atoms with Crippen LogP contribution in [0.5, 0.6) is 0 Å². The third kappa shape index (κ3) is 3.21. The Hall–Kier alpha value is -2.66. The Morgan fingerprint density at radius 1 is 1.10 bits per heavy atom. The van der Waals surface area contributed by atoms with Crippen LogP contribution in [0.1, 0.15) is 66.1 Å². The molecule has 3 aromatic rings. The molecule has 3 heterocycles. The molecule has 0 spiro atoms. The molecule has 1 saturated carbocycles. The molecule has 2 unspecified atom stereocenters. The van der Waals surface area contributed by atoms with Crippen molar-refractivity contribution in [2.24, 2.45) is 0 Å². The summed E-state index contributed by atoms with van der Waals surface area (Å²) in [5.41, 5.74) is 7.51. The maximum Gasteiger partial charge on any atom is 0.174 e. The van der Waals surface area contributed by atoms with E-state index >= 15 is 0 Å². The number of rotatable bonds is 5. The molecule has 30 heavy (non-hydrogen) atoms. The van der Waals surface area contributed by atoms with Crippen molar-refractivity contribution in [1.29, 1.82) is 0 Å². The maximum atomic E-state index is 5.86. The summed E-state index contributed by atoms with van der Waals surface area (Å²) in [5.74, 6) is 0. The molecule has 2 fully saturated rings. The van der Waals surface area contributed by atoms with Gasteiger partial charge in [0.1, 0.15) is 0 Å². The Labute approximate surface area is 183 Å². The molecule has 5 rings (SSSR count). The first-order valence-corrected chi connectivity index (χ1v) is 11.3. The molecule has 4 nitrogen and oxygen atoms in total. The lowest BCUT2D eigenvalue weighted by atomic mass is 9.96. The fourth-order valence-corrected chi connectivity index (χ4v) is 5.18. The summed E-state index contributed by atoms with van der Waals surface area (Å²) >= 11 is 5.86. The molecule has 1 saturated heterocycles. The topological polar surface area (TPSA) is 33.1 Å². The second-order valence-electron chi connectivity index (χ2n) is 8.44. The fraction of sp³-hybridized carbons (Fsp3) is 0.360. The van der Waals surface area contributed by atoms with Gasteiger partial charge in [-0.3, -0.25) is 4.98 Å². The van der Waals surface area contributed by atoms with E-state index in [1.165, 1.54) is 35.4 Å². The third-order valence-electron chi connectivity index (χ3n) is 6.48. The average molecular weight is 417 g/mol. The van der Waals surface area contributed by atoms with E-state index in [0.29, 0.717) is 6.04 Å². The summed E-state index contributed by atoms with van der Waals surface area (Å²) in [5, 5.41) is 4.34. The molecule has 2 atom stereocenters. The first kappa shape index (κ1) is 19.3. The highest BCUT2D eigenvalue weighted by Crippen LogP contribution is 2.46. The van der Waals surface area contributed by atoms with Crippen molar-refractivity contribution in [1.82, 2.24) is 14.9 Å². The molecule has 0 radical (unpaired) electrons. The fourth-order valence-electron chi connectivity index (χ4n) is 4.84. The van der Waals surface area contributed by atoms with E-state index < -0.39 is 0 Å². The number of hydrogen-bond donors (Lipinski definition) is 1. The van der Waals surface area contributed by atoms with Crippen LogP contribution in [0.15, 0.2) is 54.7 Å². The van der Waals surface area contributed by atoms with Gasteiger partial charge in [0, 0.05) is 29.3 Å². The van der Waals surface area contributed by atoms with E-state index in [1.54, 1.807) is 0 Å². The van der Waals surface area contributed by atoms with Gasteiger partial charge in [-0.05, 0) is 86.8 Å². The minimum absolute atomic E-state index is 0.0118. The number of thiocarbonyl (C=S) groups is 1. The Bertz CT molecular complexity index is 1070. The summed E-state index contributed by atoms with van der Waals surface area (Å²) in [6, 6.07) is 18.0. The smallest absolute Gasteiger partial charge is 0.174 e. The van der Waals surface area contributed by atoms with Crippen LogP contribution in [0.25, 0.3) is 0 Å². The minimum atomic E-state index is 0.0118. The van der Waals surface area contributed by atoms with Crippen LogP contribution in [0.2, 0.25) is 0 Å². The van der Waals surface area contributed by atoms with Crippen LogP contribution in [-0.4, -0.2) is 14.7 Å². The lowest BCUT2D eigenvalue weighted by Crippen LogP contribution is -2.29. The van der Waals surface area contributed by atoms with Gasteiger partial charge in [-0.15, -0.1) is 0 Å². The number of anilines is 1. The molecule has 2 aliphatic rings. The summed E-state index contributed by atoms with van der Waals surface area (Å²) in [6.45, 7) is 6.67. The summed E-state index contributed by atoms with van der Waals surface area (Å²) in [4.78, 5) is 6.96. The van der Waals surface area contributed by atoms with Gasteiger partial charge >= 0.3 is 0 Å². The Morgan fingerprint density at radius 2 is 1.87 bits per heavy atom. The van der Waals surface area contributed by atoms with Crippen molar-refractivity contribution in [2.45, 2.75) is 58.2 Å². The first-order valence-electron chi connectivity index (χ1n) is 10.9. The second-order valence-corrected chi connectivity index (χ2v) is 8.83. The molecule has 1 aliphatic heterocycles. The van der Waals surface area contributed by atoms with Crippen LogP contribution in [-0.2, 0) is 6.42 Å². The summed E-state index contributed by atoms with van der Waals surface area (Å²) in [6.07, 6.45) is 5.46. The van der Waals surface area contributed by atoms with Gasteiger partial charge in [0.2, 0.25) is 0 Å². The monoisotopic (exact) mass is 416 g/mol. The molecule has 1 aliphatic carbocycles. The van der Waals surface area contributed by atoms with Gasteiger partial charge in [-0.2, -0.15) is 0 Å². The normalized spacial score (nSPS) is 21.2. The van der Waals surface area contributed by atoms with E-state index in [4.69, 9.17) is 12.2 Å². The van der Waals surface area contributed by atoms with Crippen LogP contribution >= 0.6 is 12.2 Å². The molecule has 0 bridgehead atoms. The number of nitrogens with one attached hydrogen (secondary N) is 1. The molecule has 154 valence electrons. The summed E-state index contributed by atoms with van der Waals surface area (Å²) < 4.78 is 2.52. The van der Waals surface area contributed by atoms with Crippen molar-refractivity contribution in [3.63, 3.8) is 0 Å². The van der Waals surface area contributed by atoms with Gasteiger partial charge in [0.15, 0.2) is 5.11 Å². The first-order chi connectivity index (χ1) is 14.6. The Morgan fingerprint density at radius 3 is 2.50 bits per heavy atom. The largest absolute Gasteiger partial charge is 0.351 e. The molecule has 5 heteroatoms. The van der Waals surface area contributed by atoms with Crippen molar-refractivity contribution < 1.29 is 0 Å². The van der Waals surface area contributed by atoms with Gasteiger partial charge < -0.3 is 14.8 Å². The SMILES string of the molecule is CCc1ccc(N2C(=S)NC(c3ccccn3)C2c2cc(C)n(C3CC3)c2C)cc1. The highest BCUT2D eigenvalue weighted by atomic mass is 32.1. The number of pyridine rings is 1. The maximum absolute atomic E-state index is 5.86. The van der Waals surface area contributed by atoms with Gasteiger partial charge in [-0.1, -0.05) is 25.1 Å². The highest BCUT2D eigenvalue weighted by Gasteiger charge is 2.42.